The lowest BCUT2D eigenvalue weighted by atomic mass is 10.3. The van der Waals surface area contributed by atoms with Crippen LogP contribution in [0.1, 0.15) is 13.3 Å². The molecule has 2 rings (SSSR count). The highest BCUT2D eigenvalue weighted by molar-refractivity contribution is 5.64. The molecule has 0 aliphatic carbocycles. The monoisotopic (exact) mass is 266 g/mol. The van der Waals surface area contributed by atoms with E-state index in [0.29, 0.717) is 11.6 Å². The molecule has 0 radical (unpaired) electrons. The van der Waals surface area contributed by atoms with Gasteiger partial charge in [-0.05, 0) is 13.0 Å². The van der Waals surface area contributed by atoms with Gasteiger partial charge in [-0.1, -0.05) is 6.92 Å². The Hall–Kier alpha value is -1.60. The molecule has 7 nitrogen and oxygen atoms in total. The molecule has 0 atom stereocenters. The molecule has 19 heavy (non-hydrogen) atoms. The first-order chi connectivity index (χ1) is 9.30. The molecule has 1 aromatic rings. The van der Waals surface area contributed by atoms with Crippen LogP contribution in [-0.2, 0) is 0 Å². The Labute approximate surface area is 113 Å². The zero-order valence-electron chi connectivity index (χ0n) is 11.6. The van der Waals surface area contributed by atoms with Gasteiger partial charge < -0.3 is 15.1 Å². The highest BCUT2D eigenvalue weighted by atomic mass is 16.5. The standard InChI is InChI=1S/C12H22N6O/c1-3-4-17-5-7-18(8-6-17)12-10(19-2)11(16-13)14-9-15-12/h9H,3-8,13H2,1-2H3,(H,14,15,16). The molecule has 1 aromatic heterocycles. The largest absolute Gasteiger partial charge is 0.490 e. The molecule has 7 heteroatoms. The van der Waals surface area contributed by atoms with Gasteiger partial charge >= 0.3 is 0 Å². The number of hydrazine groups is 1. The minimum atomic E-state index is 0.517. The third-order valence-electron chi connectivity index (χ3n) is 3.34. The van der Waals surface area contributed by atoms with E-state index in [-0.39, 0.29) is 0 Å². The number of nitrogens with two attached hydrogens (primary N) is 1. The normalized spacial score (nSPS) is 16.5. The average Bonchev–Trinajstić information content (AvgIpc) is 2.47. The summed E-state index contributed by atoms with van der Waals surface area (Å²) < 4.78 is 5.37. The summed E-state index contributed by atoms with van der Waals surface area (Å²) in [6, 6.07) is 0. The Kier molecular flexibility index (Phi) is 4.75. The second kappa shape index (κ2) is 6.53. The predicted octanol–water partition coefficient (Wildman–Crippen LogP) is 0.303. The minimum absolute atomic E-state index is 0.517. The van der Waals surface area contributed by atoms with Crippen molar-refractivity contribution in [1.82, 2.24) is 14.9 Å². The van der Waals surface area contributed by atoms with E-state index in [1.165, 1.54) is 12.7 Å². The maximum Gasteiger partial charge on any atom is 0.205 e. The number of ether oxygens (including phenoxy) is 1. The SMILES string of the molecule is CCCN1CCN(c2ncnc(NN)c2OC)CC1. The maximum absolute atomic E-state index is 5.44. The van der Waals surface area contributed by atoms with Crippen LogP contribution in [0.3, 0.4) is 0 Å². The van der Waals surface area contributed by atoms with Gasteiger partial charge in [-0.2, -0.15) is 0 Å². The van der Waals surface area contributed by atoms with Gasteiger partial charge in [0.25, 0.3) is 0 Å². The Morgan fingerprint density at radius 2 is 2.05 bits per heavy atom. The van der Waals surface area contributed by atoms with Gasteiger partial charge in [-0.15, -0.1) is 0 Å². The van der Waals surface area contributed by atoms with Crippen LogP contribution in [0, 0.1) is 0 Å². The van der Waals surface area contributed by atoms with Crippen LogP contribution >= 0.6 is 0 Å². The molecule has 0 unspecified atom stereocenters. The van der Waals surface area contributed by atoms with Gasteiger partial charge in [-0.25, -0.2) is 15.8 Å². The van der Waals surface area contributed by atoms with Crippen molar-refractivity contribution in [1.29, 1.82) is 0 Å². The zero-order valence-corrected chi connectivity index (χ0v) is 11.6. The Morgan fingerprint density at radius 1 is 1.32 bits per heavy atom. The molecular weight excluding hydrogens is 244 g/mol. The second-order valence-electron chi connectivity index (χ2n) is 4.55. The molecule has 106 valence electrons. The maximum atomic E-state index is 5.44. The predicted molar refractivity (Wildman–Crippen MR) is 75.3 cm³/mol. The summed E-state index contributed by atoms with van der Waals surface area (Å²) in [5.41, 5.74) is 2.54. The first-order valence-electron chi connectivity index (χ1n) is 6.63. The van der Waals surface area contributed by atoms with Gasteiger partial charge in [0.2, 0.25) is 5.75 Å². The van der Waals surface area contributed by atoms with Crippen molar-refractivity contribution in [2.24, 2.45) is 5.84 Å². The van der Waals surface area contributed by atoms with Gasteiger partial charge in [0.1, 0.15) is 6.33 Å². The fourth-order valence-electron chi connectivity index (χ4n) is 2.38. The lowest BCUT2D eigenvalue weighted by molar-refractivity contribution is 0.257. The molecule has 0 aromatic carbocycles. The summed E-state index contributed by atoms with van der Waals surface area (Å²) in [5.74, 6) is 7.37. The number of piperazine rings is 1. The highest BCUT2D eigenvalue weighted by Crippen LogP contribution is 2.31. The molecule has 0 amide bonds. The number of methoxy groups -OCH3 is 1. The van der Waals surface area contributed by atoms with Crippen molar-refractivity contribution in [2.75, 3.05) is 50.2 Å². The van der Waals surface area contributed by atoms with Crippen LogP contribution in [0.25, 0.3) is 0 Å². The van der Waals surface area contributed by atoms with Crippen molar-refractivity contribution in [3.8, 4) is 5.75 Å². The third kappa shape index (κ3) is 3.05. The van der Waals surface area contributed by atoms with Crippen LogP contribution in [0.2, 0.25) is 0 Å². The Balaban J connectivity index is 2.11. The smallest absolute Gasteiger partial charge is 0.205 e. The topological polar surface area (TPSA) is 79.5 Å². The number of nitrogen functional groups attached to an aromatic ring is 1. The second-order valence-corrected chi connectivity index (χ2v) is 4.55. The number of aromatic nitrogens is 2. The van der Waals surface area contributed by atoms with Crippen LogP contribution < -0.4 is 20.9 Å². The third-order valence-corrected chi connectivity index (χ3v) is 3.34. The minimum Gasteiger partial charge on any atom is -0.490 e. The van der Waals surface area contributed by atoms with E-state index in [4.69, 9.17) is 10.6 Å². The number of hydrogen-bond donors (Lipinski definition) is 2. The summed E-state index contributed by atoms with van der Waals surface area (Å²) in [4.78, 5) is 13.1. The van der Waals surface area contributed by atoms with Crippen molar-refractivity contribution in [3.05, 3.63) is 6.33 Å². The Morgan fingerprint density at radius 3 is 2.63 bits per heavy atom. The summed E-state index contributed by atoms with van der Waals surface area (Å²) in [6.07, 6.45) is 2.70. The van der Waals surface area contributed by atoms with E-state index < -0.39 is 0 Å². The summed E-state index contributed by atoms with van der Waals surface area (Å²) in [5, 5.41) is 0. The van der Waals surface area contributed by atoms with E-state index in [2.05, 4.69) is 32.1 Å². The molecule has 1 aliphatic heterocycles. The Bertz CT molecular complexity index is 405. The van der Waals surface area contributed by atoms with Crippen LogP contribution in [-0.4, -0.2) is 54.7 Å². The van der Waals surface area contributed by atoms with Gasteiger partial charge in [0.15, 0.2) is 11.6 Å². The lowest BCUT2D eigenvalue weighted by Crippen LogP contribution is -2.47. The molecule has 3 N–H and O–H groups in total. The summed E-state index contributed by atoms with van der Waals surface area (Å²) in [7, 11) is 1.61. The van der Waals surface area contributed by atoms with Crippen LogP contribution in [0.15, 0.2) is 6.33 Å². The quantitative estimate of drug-likeness (QED) is 0.586. The van der Waals surface area contributed by atoms with E-state index >= 15 is 0 Å². The highest BCUT2D eigenvalue weighted by Gasteiger charge is 2.22. The molecule has 1 aliphatic rings. The summed E-state index contributed by atoms with van der Waals surface area (Å²) in [6.45, 7) is 7.34. The number of hydrogen-bond acceptors (Lipinski definition) is 7. The molecule has 1 fully saturated rings. The first kappa shape index (κ1) is 13.8. The fraction of sp³-hybridized carbons (Fsp3) is 0.667. The average molecular weight is 266 g/mol. The molecule has 2 heterocycles. The number of rotatable bonds is 5. The first-order valence-corrected chi connectivity index (χ1v) is 6.63. The van der Waals surface area contributed by atoms with E-state index in [1.807, 2.05) is 0 Å². The fourth-order valence-corrected chi connectivity index (χ4v) is 2.38. The van der Waals surface area contributed by atoms with E-state index in [9.17, 15) is 0 Å². The summed E-state index contributed by atoms with van der Waals surface area (Å²) >= 11 is 0. The van der Waals surface area contributed by atoms with Gasteiger partial charge in [0, 0.05) is 26.2 Å². The van der Waals surface area contributed by atoms with E-state index in [1.54, 1.807) is 7.11 Å². The van der Waals surface area contributed by atoms with Crippen molar-refractivity contribution < 1.29 is 4.74 Å². The van der Waals surface area contributed by atoms with Gasteiger partial charge in [0.05, 0.1) is 7.11 Å². The van der Waals surface area contributed by atoms with Gasteiger partial charge in [-0.3, -0.25) is 4.90 Å². The van der Waals surface area contributed by atoms with Crippen LogP contribution in [0.5, 0.6) is 5.75 Å². The molecule has 0 saturated carbocycles. The number of nitrogens with one attached hydrogen (secondary N) is 1. The van der Waals surface area contributed by atoms with Crippen molar-refractivity contribution in [2.45, 2.75) is 13.3 Å². The van der Waals surface area contributed by atoms with E-state index in [0.717, 1.165) is 38.5 Å². The number of nitrogens with zero attached hydrogens (tertiary/aromatic N) is 4. The van der Waals surface area contributed by atoms with Crippen molar-refractivity contribution >= 4 is 11.6 Å². The lowest BCUT2D eigenvalue weighted by Gasteiger charge is -2.35. The van der Waals surface area contributed by atoms with Crippen LogP contribution in [0.4, 0.5) is 11.6 Å². The molecule has 0 spiro atoms. The molecule has 1 saturated heterocycles. The molecular formula is C12H22N6O. The zero-order chi connectivity index (χ0) is 13.7. The molecule has 0 bridgehead atoms. The van der Waals surface area contributed by atoms with Crippen molar-refractivity contribution in [3.63, 3.8) is 0 Å². The number of anilines is 2.